The molecule has 0 unspecified atom stereocenters. The minimum absolute atomic E-state index is 0.753. The van der Waals surface area contributed by atoms with Crippen molar-refractivity contribution in [3.8, 4) is 11.4 Å². The van der Waals surface area contributed by atoms with Gasteiger partial charge in [0.2, 0.25) is 0 Å². The first-order chi connectivity index (χ1) is 6.77. The van der Waals surface area contributed by atoms with Crippen LogP contribution in [0.3, 0.4) is 0 Å². The van der Waals surface area contributed by atoms with Crippen LogP contribution in [0.1, 0.15) is 5.56 Å². The van der Waals surface area contributed by atoms with E-state index in [1.807, 2.05) is 43.6 Å². The zero-order valence-electron chi connectivity index (χ0n) is 7.74. The largest absolute Gasteiger partial charge is 0.236 e. The fraction of sp³-hybridized carbons (Fsp3) is 0.0909. The first-order valence-electron chi connectivity index (χ1n) is 4.31. The molecule has 0 radical (unpaired) electrons. The summed E-state index contributed by atoms with van der Waals surface area (Å²) in [5.74, 6) is 0.753. The van der Waals surface area contributed by atoms with E-state index >= 15 is 0 Å². The topological polar surface area (TPSA) is 25.8 Å². The number of hydrogen-bond acceptors (Lipinski definition) is 2. The lowest BCUT2D eigenvalue weighted by atomic mass is 10.2. The summed E-state index contributed by atoms with van der Waals surface area (Å²) in [6, 6.07) is 7.93. The third-order valence-electron chi connectivity index (χ3n) is 1.90. The van der Waals surface area contributed by atoms with Gasteiger partial charge >= 0.3 is 0 Å². The second-order valence-corrected chi connectivity index (χ2v) is 3.92. The summed E-state index contributed by atoms with van der Waals surface area (Å²) in [7, 11) is 0. The second kappa shape index (κ2) is 3.88. The van der Waals surface area contributed by atoms with E-state index in [0.717, 1.165) is 21.4 Å². The zero-order chi connectivity index (χ0) is 9.97. The molecule has 1 aromatic carbocycles. The number of nitrogens with zero attached hydrogens (tertiary/aromatic N) is 2. The van der Waals surface area contributed by atoms with Crippen molar-refractivity contribution in [3.63, 3.8) is 0 Å². The van der Waals surface area contributed by atoms with Gasteiger partial charge in [-0.05, 0) is 18.6 Å². The summed E-state index contributed by atoms with van der Waals surface area (Å²) in [6.07, 6.45) is 3.64. The van der Waals surface area contributed by atoms with E-state index in [1.165, 1.54) is 0 Å². The van der Waals surface area contributed by atoms with Crippen molar-refractivity contribution >= 4 is 15.9 Å². The molecule has 0 aliphatic rings. The summed E-state index contributed by atoms with van der Waals surface area (Å²) in [4.78, 5) is 8.54. The number of rotatable bonds is 1. The van der Waals surface area contributed by atoms with E-state index < -0.39 is 0 Å². The fourth-order valence-electron chi connectivity index (χ4n) is 1.17. The average Bonchev–Trinajstić information content (AvgIpc) is 2.20. The van der Waals surface area contributed by atoms with Crippen molar-refractivity contribution in [2.24, 2.45) is 0 Å². The highest BCUT2D eigenvalue weighted by molar-refractivity contribution is 9.10. The van der Waals surface area contributed by atoms with E-state index in [-0.39, 0.29) is 0 Å². The molecule has 1 aromatic heterocycles. The Morgan fingerprint density at radius 2 is 1.71 bits per heavy atom. The van der Waals surface area contributed by atoms with Crippen LogP contribution in [0.4, 0.5) is 0 Å². The molecule has 0 saturated carbocycles. The third kappa shape index (κ3) is 1.82. The summed E-state index contributed by atoms with van der Waals surface area (Å²) in [6.45, 7) is 1.98. The van der Waals surface area contributed by atoms with E-state index in [2.05, 4.69) is 25.9 Å². The van der Waals surface area contributed by atoms with Gasteiger partial charge in [-0.1, -0.05) is 34.1 Å². The van der Waals surface area contributed by atoms with Crippen LogP contribution < -0.4 is 0 Å². The normalized spacial score (nSPS) is 10.1. The van der Waals surface area contributed by atoms with Crippen molar-refractivity contribution in [2.45, 2.75) is 6.92 Å². The Bertz CT molecular complexity index is 437. The second-order valence-electron chi connectivity index (χ2n) is 3.06. The summed E-state index contributed by atoms with van der Waals surface area (Å²) in [5, 5.41) is 0. The van der Waals surface area contributed by atoms with Gasteiger partial charge in [0, 0.05) is 22.4 Å². The predicted molar refractivity (Wildman–Crippen MR) is 59.9 cm³/mol. The standard InChI is InChI=1S/C11H9BrN2/c1-8-6-13-11(14-7-8)9-4-2-3-5-10(9)12/h2-7H,1H3. The number of aromatic nitrogens is 2. The van der Waals surface area contributed by atoms with Crippen LogP contribution in [0, 0.1) is 6.92 Å². The van der Waals surface area contributed by atoms with Crippen molar-refractivity contribution < 1.29 is 0 Å². The lowest BCUT2D eigenvalue weighted by Crippen LogP contribution is -1.89. The van der Waals surface area contributed by atoms with Gasteiger partial charge in [0.25, 0.3) is 0 Å². The van der Waals surface area contributed by atoms with Gasteiger partial charge in [-0.3, -0.25) is 0 Å². The van der Waals surface area contributed by atoms with Gasteiger partial charge in [0.05, 0.1) is 0 Å². The summed E-state index contributed by atoms with van der Waals surface area (Å²) < 4.78 is 1.02. The molecule has 0 amide bonds. The lowest BCUT2D eigenvalue weighted by molar-refractivity contribution is 1.13. The molecule has 0 bridgehead atoms. The van der Waals surface area contributed by atoms with E-state index in [9.17, 15) is 0 Å². The van der Waals surface area contributed by atoms with E-state index in [1.54, 1.807) is 0 Å². The number of halogens is 1. The molecule has 0 spiro atoms. The molecule has 0 atom stereocenters. The van der Waals surface area contributed by atoms with Gasteiger partial charge in [-0.15, -0.1) is 0 Å². The number of aryl methyl sites for hydroxylation is 1. The molecule has 0 saturated heterocycles. The molecule has 1 heterocycles. The highest BCUT2D eigenvalue weighted by atomic mass is 79.9. The Morgan fingerprint density at radius 1 is 1.07 bits per heavy atom. The maximum atomic E-state index is 4.27. The summed E-state index contributed by atoms with van der Waals surface area (Å²) in [5.41, 5.74) is 2.09. The molecule has 3 heteroatoms. The monoisotopic (exact) mass is 248 g/mol. The smallest absolute Gasteiger partial charge is 0.160 e. The van der Waals surface area contributed by atoms with Crippen molar-refractivity contribution in [1.29, 1.82) is 0 Å². The Kier molecular flexibility index (Phi) is 2.59. The molecule has 2 rings (SSSR count). The molecule has 0 fully saturated rings. The van der Waals surface area contributed by atoms with Gasteiger partial charge < -0.3 is 0 Å². The molecule has 0 aliphatic carbocycles. The molecule has 70 valence electrons. The Morgan fingerprint density at radius 3 is 2.36 bits per heavy atom. The van der Waals surface area contributed by atoms with Crippen LogP contribution in [0.15, 0.2) is 41.1 Å². The Balaban J connectivity index is 2.50. The first kappa shape index (κ1) is 9.34. The molecule has 0 N–H and O–H groups in total. The van der Waals surface area contributed by atoms with Crippen molar-refractivity contribution in [3.05, 3.63) is 46.7 Å². The molecule has 2 aromatic rings. The number of hydrogen-bond donors (Lipinski definition) is 0. The van der Waals surface area contributed by atoms with E-state index in [4.69, 9.17) is 0 Å². The third-order valence-corrected chi connectivity index (χ3v) is 2.59. The van der Waals surface area contributed by atoms with Gasteiger partial charge in [-0.25, -0.2) is 9.97 Å². The molecular formula is C11H9BrN2. The number of benzene rings is 1. The fourth-order valence-corrected chi connectivity index (χ4v) is 1.64. The van der Waals surface area contributed by atoms with Crippen molar-refractivity contribution in [2.75, 3.05) is 0 Å². The lowest BCUT2D eigenvalue weighted by Gasteiger charge is -2.01. The summed E-state index contributed by atoms with van der Waals surface area (Å²) >= 11 is 3.47. The first-order valence-corrected chi connectivity index (χ1v) is 5.10. The van der Waals surface area contributed by atoms with Crippen LogP contribution in [0.5, 0.6) is 0 Å². The highest BCUT2D eigenvalue weighted by Crippen LogP contribution is 2.24. The Hall–Kier alpha value is -1.22. The van der Waals surface area contributed by atoms with Crippen LogP contribution in [-0.4, -0.2) is 9.97 Å². The maximum Gasteiger partial charge on any atom is 0.160 e. The maximum absolute atomic E-state index is 4.27. The minimum Gasteiger partial charge on any atom is -0.236 e. The van der Waals surface area contributed by atoms with E-state index in [0.29, 0.717) is 0 Å². The van der Waals surface area contributed by atoms with Crippen LogP contribution >= 0.6 is 15.9 Å². The quantitative estimate of drug-likeness (QED) is 0.775. The van der Waals surface area contributed by atoms with Crippen LogP contribution in [0.2, 0.25) is 0 Å². The SMILES string of the molecule is Cc1cnc(-c2ccccc2Br)nc1. The minimum atomic E-state index is 0.753. The van der Waals surface area contributed by atoms with Crippen molar-refractivity contribution in [1.82, 2.24) is 9.97 Å². The van der Waals surface area contributed by atoms with Crippen LogP contribution in [-0.2, 0) is 0 Å². The van der Waals surface area contributed by atoms with Gasteiger partial charge in [-0.2, -0.15) is 0 Å². The molecule has 0 aliphatic heterocycles. The predicted octanol–water partition coefficient (Wildman–Crippen LogP) is 3.21. The van der Waals surface area contributed by atoms with Gasteiger partial charge in [0.1, 0.15) is 0 Å². The zero-order valence-corrected chi connectivity index (χ0v) is 9.32. The molecule has 2 nitrogen and oxygen atoms in total. The molecular weight excluding hydrogens is 240 g/mol. The Labute approximate surface area is 91.2 Å². The molecule has 14 heavy (non-hydrogen) atoms. The average molecular weight is 249 g/mol. The highest BCUT2D eigenvalue weighted by Gasteiger charge is 2.03. The van der Waals surface area contributed by atoms with Crippen LogP contribution in [0.25, 0.3) is 11.4 Å². The van der Waals surface area contributed by atoms with Gasteiger partial charge in [0.15, 0.2) is 5.82 Å².